The molecule has 5 nitrogen and oxygen atoms in total. The number of aromatic nitrogens is 2. The van der Waals surface area contributed by atoms with Crippen LogP contribution in [0.2, 0.25) is 0 Å². The summed E-state index contributed by atoms with van der Waals surface area (Å²) in [5.41, 5.74) is 2.21. The van der Waals surface area contributed by atoms with Crippen molar-refractivity contribution in [3.8, 4) is 0 Å². The molecule has 27 heavy (non-hydrogen) atoms. The fourth-order valence-corrected chi connectivity index (χ4v) is 5.96. The summed E-state index contributed by atoms with van der Waals surface area (Å²) < 4.78 is 0.843. The summed E-state index contributed by atoms with van der Waals surface area (Å²) in [5.74, 6) is 1.45. The number of anilines is 2. The van der Waals surface area contributed by atoms with E-state index >= 15 is 0 Å². The molecule has 1 aromatic carbocycles. The molecule has 0 unspecified atom stereocenters. The van der Waals surface area contributed by atoms with Crippen LogP contribution in [0.1, 0.15) is 44.1 Å². The minimum Gasteiger partial charge on any atom is -0.339 e. The SMILES string of the molecule is Cc1cccc(Nc2nnc(SCC(=O)N3CCC[C@H]4CCCC[C@@H]43)s2)c1. The molecular weight excluding hydrogens is 376 g/mol. The van der Waals surface area contributed by atoms with Crippen molar-refractivity contribution in [1.82, 2.24) is 15.1 Å². The zero-order chi connectivity index (χ0) is 18.6. The number of benzene rings is 1. The normalized spacial score (nSPS) is 22.3. The van der Waals surface area contributed by atoms with E-state index in [1.807, 2.05) is 12.1 Å². The molecule has 0 spiro atoms. The molecule has 2 atom stereocenters. The Morgan fingerprint density at radius 3 is 3.00 bits per heavy atom. The third kappa shape index (κ3) is 4.63. The van der Waals surface area contributed by atoms with Crippen molar-refractivity contribution < 1.29 is 4.79 Å². The lowest BCUT2D eigenvalue weighted by Crippen LogP contribution is -2.50. The number of rotatable bonds is 5. The van der Waals surface area contributed by atoms with Crippen LogP contribution in [-0.4, -0.2) is 39.3 Å². The van der Waals surface area contributed by atoms with Gasteiger partial charge in [-0.1, -0.05) is 48.1 Å². The van der Waals surface area contributed by atoms with E-state index in [1.165, 1.54) is 60.8 Å². The van der Waals surface area contributed by atoms with E-state index < -0.39 is 0 Å². The maximum atomic E-state index is 12.8. The van der Waals surface area contributed by atoms with Gasteiger partial charge in [0.1, 0.15) is 0 Å². The first-order valence-corrected chi connectivity index (χ1v) is 11.6. The van der Waals surface area contributed by atoms with Crippen LogP contribution in [-0.2, 0) is 4.79 Å². The number of thioether (sulfide) groups is 1. The van der Waals surface area contributed by atoms with Gasteiger partial charge in [0, 0.05) is 18.3 Å². The average Bonchev–Trinajstić information content (AvgIpc) is 3.13. The second-order valence-corrected chi connectivity index (χ2v) is 9.70. The quantitative estimate of drug-likeness (QED) is 0.724. The van der Waals surface area contributed by atoms with E-state index in [-0.39, 0.29) is 5.91 Å². The second-order valence-electron chi connectivity index (χ2n) is 7.50. The number of aryl methyl sites for hydroxylation is 1. The van der Waals surface area contributed by atoms with Gasteiger partial charge in [0.15, 0.2) is 4.34 Å². The van der Waals surface area contributed by atoms with Crippen LogP contribution in [0.3, 0.4) is 0 Å². The number of nitrogens with one attached hydrogen (secondary N) is 1. The molecule has 4 rings (SSSR count). The predicted octanol–water partition coefficient (Wildman–Crippen LogP) is 4.86. The number of carbonyl (C=O) groups is 1. The average molecular weight is 403 g/mol. The van der Waals surface area contributed by atoms with Crippen LogP contribution in [0.15, 0.2) is 28.6 Å². The van der Waals surface area contributed by atoms with Gasteiger partial charge in [-0.15, -0.1) is 10.2 Å². The largest absolute Gasteiger partial charge is 0.339 e. The molecule has 1 N–H and O–H groups in total. The summed E-state index contributed by atoms with van der Waals surface area (Å²) >= 11 is 3.01. The lowest BCUT2D eigenvalue weighted by molar-refractivity contribution is -0.134. The molecule has 144 valence electrons. The topological polar surface area (TPSA) is 58.1 Å². The Morgan fingerprint density at radius 1 is 1.26 bits per heavy atom. The van der Waals surface area contributed by atoms with Crippen molar-refractivity contribution in [2.24, 2.45) is 5.92 Å². The fraction of sp³-hybridized carbons (Fsp3) is 0.550. The van der Waals surface area contributed by atoms with Crippen molar-refractivity contribution in [2.75, 3.05) is 17.6 Å². The van der Waals surface area contributed by atoms with Gasteiger partial charge in [-0.25, -0.2) is 0 Å². The summed E-state index contributed by atoms with van der Waals surface area (Å²) in [6, 6.07) is 8.66. The van der Waals surface area contributed by atoms with E-state index in [1.54, 1.807) is 0 Å². The van der Waals surface area contributed by atoms with E-state index in [2.05, 4.69) is 39.5 Å². The molecule has 7 heteroatoms. The van der Waals surface area contributed by atoms with Gasteiger partial charge < -0.3 is 10.2 Å². The molecule has 1 saturated heterocycles. The zero-order valence-corrected chi connectivity index (χ0v) is 17.3. The van der Waals surface area contributed by atoms with Crippen LogP contribution in [0, 0.1) is 12.8 Å². The Kier molecular flexibility index (Phi) is 5.98. The van der Waals surface area contributed by atoms with Crippen LogP contribution in [0.4, 0.5) is 10.8 Å². The fourth-order valence-electron chi connectivity index (χ4n) is 4.31. The molecule has 0 bridgehead atoms. The second kappa shape index (κ2) is 8.61. The smallest absolute Gasteiger partial charge is 0.233 e. The number of nitrogens with zero attached hydrogens (tertiary/aromatic N) is 3. The summed E-state index contributed by atoms with van der Waals surface area (Å²) in [6.45, 7) is 2.99. The van der Waals surface area contributed by atoms with Gasteiger partial charge in [0.2, 0.25) is 11.0 Å². The number of carbonyl (C=O) groups excluding carboxylic acids is 1. The van der Waals surface area contributed by atoms with Crippen molar-refractivity contribution in [1.29, 1.82) is 0 Å². The van der Waals surface area contributed by atoms with Gasteiger partial charge in [-0.3, -0.25) is 4.79 Å². The number of hydrogen-bond donors (Lipinski definition) is 1. The van der Waals surface area contributed by atoms with E-state index in [0.29, 0.717) is 11.8 Å². The molecule has 1 aliphatic heterocycles. The number of hydrogen-bond acceptors (Lipinski definition) is 6. The molecule has 2 heterocycles. The number of piperidine rings is 1. The Bertz CT molecular complexity index is 792. The highest BCUT2D eigenvalue weighted by atomic mass is 32.2. The Morgan fingerprint density at radius 2 is 2.11 bits per heavy atom. The summed E-state index contributed by atoms with van der Waals surface area (Å²) in [7, 11) is 0. The molecule has 0 radical (unpaired) electrons. The summed E-state index contributed by atoms with van der Waals surface area (Å²) in [4.78, 5) is 15.0. The van der Waals surface area contributed by atoms with E-state index in [9.17, 15) is 4.79 Å². The highest BCUT2D eigenvalue weighted by Crippen LogP contribution is 2.36. The first kappa shape index (κ1) is 18.7. The minimum absolute atomic E-state index is 0.264. The van der Waals surface area contributed by atoms with Crippen molar-refractivity contribution >= 4 is 39.8 Å². The molecule has 1 saturated carbocycles. The Labute approximate surface area is 168 Å². The Balaban J connectivity index is 1.32. The first-order valence-electron chi connectivity index (χ1n) is 9.78. The van der Waals surface area contributed by atoms with E-state index in [0.717, 1.165) is 34.0 Å². The van der Waals surface area contributed by atoms with Gasteiger partial charge >= 0.3 is 0 Å². The highest BCUT2D eigenvalue weighted by molar-refractivity contribution is 8.01. The minimum atomic E-state index is 0.264. The summed E-state index contributed by atoms with van der Waals surface area (Å²) in [6.07, 6.45) is 7.53. The van der Waals surface area contributed by atoms with Crippen molar-refractivity contribution in [3.05, 3.63) is 29.8 Å². The molecule has 1 aliphatic carbocycles. The molecule has 1 amide bonds. The van der Waals surface area contributed by atoms with Crippen LogP contribution in [0.25, 0.3) is 0 Å². The molecule has 1 aromatic heterocycles. The maximum Gasteiger partial charge on any atom is 0.233 e. The highest BCUT2D eigenvalue weighted by Gasteiger charge is 2.35. The maximum absolute atomic E-state index is 12.8. The molecular formula is C20H26N4OS2. The number of fused-ring (bicyclic) bond motifs is 1. The number of amides is 1. The lowest BCUT2D eigenvalue weighted by Gasteiger charge is -2.44. The lowest BCUT2D eigenvalue weighted by atomic mass is 9.78. The van der Waals surface area contributed by atoms with Crippen LogP contribution >= 0.6 is 23.1 Å². The van der Waals surface area contributed by atoms with E-state index in [4.69, 9.17) is 0 Å². The zero-order valence-electron chi connectivity index (χ0n) is 15.7. The van der Waals surface area contributed by atoms with Crippen LogP contribution in [0.5, 0.6) is 0 Å². The van der Waals surface area contributed by atoms with Gasteiger partial charge in [0.25, 0.3) is 0 Å². The van der Waals surface area contributed by atoms with Crippen molar-refractivity contribution in [2.45, 2.75) is 55.8 Å². The standard InChI is InChI=1S/C20H26N4OS2/c1-14-6-4-9-16(12-14)21-19-22-23-20(27-19)26-13-18(25)24-11-5-8-15-7-2-3-10-17(15)24/h4,6,9,12,15,17H,2-3,5,7-8,10-11,13H2,1H3,(H,21,22)/t15-,17+/m1/s1. The summed E-state index contributed by atoms with van der Waals surface area (Å²) in [5, 5.41) is 12.5. The third-order valence-electron chi connectivity index (χ3n) is 5.56. The monoisotopic (exact) mass is 402 g/mol. The molecule has 2 aliphatic rings. The van der Waals surface area contributed by atoms with Crippen LogP contribution < -0.4 is 5.32 Å². The Hall–Kier alpha value is -1.60. The van der Waals surface area contributed by atoms with Gasteiger partial charge in [-0.2, -0.15) is 0 Å². The third-order valence-corrected chi connectivity index (χ3v) is 7.52. The molecule has 2 aromatic rings. The predicted molar refractivity (Wildman–Crippen MR) is 112 cm³/mol. The van der Waals surface area contributed by atoms with Crippen molar-refractivity contribution in [3.63, 3.8) is 0 Å². The number of likely N-dealkylation sites (tertiary alicyclic amines) is 1. The van der Waals surface area contributed by atoms with Gasteiger partial charge in [-0.05, 0) is 56.2 Å². The van der Waals surface area contributed by atoms with Gasteiger partial charge in [0.05, 0.1) is 5.75 Å². The first-order chi connectivity index (χ1) is 13.2. The molecule has 2 fully saturated rings.